The molecule has 2 aliphatic rings. The third kappa shape index (κ3) is 6.04. The highest BCUT2D eigenvalue weighted by Gasteiger charge is 2.28. The van der Waals surface area contributed by atoms with Gasteiger partial charge >= 0.3 is 5.69 Å². The van der Waals surface area contributed by atoms with E-state index in [1.807, 2.05) is 11.8 Å². The molecule has 1 N–H and O–H groups in total. The summed E-state index contributed by atoms with van der Waals surface area (Å²) in [6.07, 6.45) is 3.89. The molecule has 2 fully saturated rings. The third-order valence-corrected chi connectivity index (χ3v) is 7.57. The predicted octanol–water partition coefficient (Wildman–Crippen LogP) is 2.12. The average Bonchev–Trinajstić information content (AvgIpc) is 2.86. The van der Waals surface area contributed by atoms with Crippen LogP contribution in [0.2, 0.25) is 0 Å². The third-order valence-electron chi connectivity index (χ3n) is 7.57. The smallest absolute Gasteiger partial charge is 0.332 e. The van der Waals surface area contributed by atoms with Crippen LogP contribution in [-0.4, -0.2) is 52.7 Å². The lowest BCUT2D eigenvalue weighted by Gasteiger charge is -2.35. The second-order valence-electron chi connectivity index (χ2n) is 10.2. The van der Waals surface area contributed by atoms with Crippen molar-refractivity contribution in [1.82, 2.24) is 19.4 Å². The molecule has 1 unspecified atom stereocenters. The largest absolute Gasteiger partial charge is 0.357 e. The monoisotopic (exact) mass is 481 g/mol. The number of hydrogen-bond donors (Lipinski definition) is 1. The van der Waals surface area contributed by atoms with Gasteiger partial charge in [-0.15, -0.1) is 0 Å². The van der Waals surface area contributed by atoms with Gasteiger partial charge in [0, 0.05) is 45.8 Å². The molecule has 0 aliphatic carbocycles. The topological polar surface area (TPSA) is 79.6 Å². The van der Waals surface area contributed by atoms with Gasteiger partial charge in [-0.25, -0.2) is 4.79 Å². The average molecular weight is 482 g/mol. The van der Waals surface area contributed by atoms with Gasteiger partial charge in [-0.1, -0.05) is 29.8 Å². The summed E-state index contributed by atoms with van der Waals surface area (Å²) in [5, 5.41) is 3.21. The Morgan fingerprint density at radius 2 is 1.86 bits per heavy atom. The van der Waals surface area contributed by atoms with Crippen molar-refractivity contribution in [3.05, 3.63) is 62.3 Å². The fourth-order valence-electron chi connectivity index (χ4n) is 5.42. The fourth-order valence-corrected chi connectivity index (χ4v) is 5.42. The van der Waals surface area contributed by atoms with E-state index in [0.717, 1.165) is 63.0 Å². The number of hydrogen-bond acceptors (Lipinski definition) is 5. The number of aryl methyl sites for hydroxylation is 1. The number of likely N-dealkylation sites (tertiary alicyclic amines) is 1. The molecule has 3 heterocycles. The van der Waals surface area contributed by atoms with Crippen LogP contribution >= 0.6 is 0 Å². The fraction of sp³-hybridized carbons (Fsp3) is 0.593. The summed E-state index contributed by atoms with van der Waals surface area (Å²) < 4.78 is 2.75. The minimum Gasteiger partial charge on any atom is -0.357 e. The van der Waals surface area contributed by atoms with E-state index in [2.05, 4.69) is 41.4 Å². The zero-order chi connectivity index (χ0) is 24.9. The molecule has 8 nitrogen and oxygen atoms in total. The SMILES string of the molecule is CCn1c(N2CCCC(C(=O)NCC3CCN(Cc4cccc(C)c4)CC3)C2)cc(=O)n(C)c1=O. The van der Waals surface area contributed by atoms with Crippen LogP contribution in [0, 0.1) is 18.8 Å². The van der Waals surface area contributed by atoms with Crippen molar-refractivity contribution in [1.29, 1.82) is 0 Å². The van der Waals surface area contributed by atoms with Gasteiger partial charge in [0.05, 0.1) is 5.92 Å². The van der Waals surface area contributed by atoms with Crippen molar-refractivity contribution in [2.75, 3.05) is 37.6 Å². The number of piperidine rings is 2. The number of benzene rings is 1. The summed E-state index contributed by atoms with van der Waals surface area (Å²) in [6.45, 7) is 9.63. The summed E-state index contributed by atoms with van der Waals surface area (Å²) in [5.41, 5.74) is 2.04. The lowest BCUT2D eigenvalue weighted by Crippen LogP contribution is -2.48. The molecular weight excluding hydrogens is 442 g/mol. The summed E-state index contributed by atoms with van der Waals surface area (Å²) >= 11 is 0. The maximum absolute atomic E-state index is 13.0. The van der Waals surface area contributed by atoms with Gasteiger partial charge in [0.2, 0.25) is 5.91 Å². The number of aromatic nitrogens is 2. The van der Waals surface area contributed by atoms with Gasteiger partial charge in [-0.3, -0.25) is 23.6 Å². The highest BCUT2D eigenvalue weighted by molar-refractivity contribution is 5.79. The predicted molar refractivity (Wildman–Crippen MR) is 139 cm³/mol. The minimum atomic E-state index is -0.310. The lowest BCUT2D eigenvalue weighted by molar-refractivity contribution is -0.125. The Labute approximate surface area is 207 Å². The van der Waals surface area contributed by atoms with Crippen LogP contribution in [-0.2, 0) is 24.9 Å². The van der Waals surface area contributed by atoms with Gasteiger partial charge in [0.1, 0.15) is 5.82 Å². The molecule has 1 amide bonds. The van der Waals surface area contributed by atoms with E-state index in [-0.39, 0.29) is 23.1 Å². The summed E-state index contributed by atoms with van der Waals surface area (Å²) in [5.74, 6) is 1.09. The molecule has 0 saturated carbocycles. The molecule has 0 bridgehead atoms. The minimum absolute atomic E-state index is 0.0890. The Hall–Kier alpha value is -2.87. The van der Waals surface area contributed by atoms with Gasteiger partial charge in [-0.05, 0) is 64.1 Å². The van der Waals surface area contributed by atoms with E-state index in [1.165, 1.54) is 24.2 Å². The second kappa shape index (κ2) is 11.2. The molecule has 0 radical (unpaired) electrons. The first-order chi connectivity index (χ1) is 16.9. The number of rotatable bonds is 7. The Balaban J connectivity index is 1.28. The van der Waals surface area contributed by atoms with Crippen molar-refractivity contribution in [2.45, 2.75) is 52.6 Å². The second-order valence-corrected chi connectivity index (χ2v) is 10.2. The molecule has 8 heteroatoms. The molecule has 2 aliphatic heterocycles. The molecule has 0 spiro atoms. The quantitative estimate of drug-likeness (QED) is 0.655. The van der Waals surface area contributed by atoms with Crippen LogP contribution in [0.15, 0.2) is 39.9 Å². The van der Waals surface area contributed by atoms with E-state index in [9.17, 15) is 14.4 Å². The van der Waals surface area contributed by atoms with Crippen molar-refractivity contribution in [2.24, 2.45) is 18.9 Å². The van der Waals surface area contributed by atoms with Gasteiger partial charge in [-0.2, -0.15) is 0 Å². The molecule has 2 saturated heterocycles. The van der Waals surface area contributed by atoms with E-state index in [4.69, 9.17) is 0 Å². The Morgan fingerprint density at radius 1 is 1.09 bits per heavy atom. The van der Waals surface area contributed by atoms with E-state index >= 15 is 0 Å². The molecule has 1 aromatic heterocycles. The first-order valence-electron chi connectivity index (χ1n) is 13.0. The molecule has 4 rings (SSSR count). The molecule has 1 aromatic carbocycles. The maximum Gasteiger partial charge on any atom is 0.332 e. The van der Waals surface area contributed by atoms with Crippen LogP contribution in [0.25, 0.3) is 0 Å². The van der Waals surface area contributed by atoms with E-state index < -0.39 is 0 Å². The van der Waals surface area contributed by atoms with E-state index in [1.54, 1.807) is 4.57 Å². The van der Waals surface area contributed by atoms with Crippen molar-refractivity contribution in [3.63, 3.8) is 0 Å². The molecule has 35 heavy (non-hydrogen) atoms. The van der Waals surface area contributed by atoms with Crippen LogP contribution in [0.3, 0.4) is 0 Å². The summed E-state index contributed by atoms with van der Waals surface area (Å²) in [6, 6.07) is 10.2. The lowest BCUT2D eigenvalue weighted by atomic mass is 9.94. The van der Waals surface area contributed by atoms with Gasteiger partial charge in [0.25, 0.3) is 5.56 Å². The number of amides is 1. The van der Waals surface area contributed by atoms with Crippen LogP contribution < -0.4 is 21.5 Å². The maximum atomic E-state index is 13.0. The van der Waals surface area contributed by atoms with Crippen molar-refractivity contribution in [3.8, 4) is 0 Å². The van der Waals surface area contributed by atoms with Crippen LogP contribution in [0.4, 0.5) is 5.82 Å². The Bertz CT molecular complexity index is 1150. The number of anilines is 1. The number of nitrogens with zero attached hydrogens (tertiary/aromatic N) is 4. The van der Waals surface area contributed by atoms with Crippen LogP contribution in [0.1, 0.15) is 43.7 Å². The Kier molecular flexibility index (Phi) is 8.11. The normalized spacial score (nSPS) is 19.6. The highest BCUT2D eigenvalue weighted by atomic mass is 16.2. The number of nitrogens with one attached hydrogen (secondary N) is 1. The van der Waals surface area contributed by atoms with E-state index in [0.29, 0.717) is 24.8 Å². The Morgan fingerprint density at radius 3 is 2.57 bits per heavy atom. The standard InChI is InChI=1S/C27H39N5O3/c1-4-32-24(16-25(33)29(3)27(32)35)31-12-6-9-23(19-31)26(34)28-17-21-10-13-30(14-11-21)18-22-8-5-7-20(2)15-22/h5,7-8,15-16,21,23H,4,6,9-14,17-19H2,1-3H3,(H,28,34). The zero-order valence-electron chi connectivity index (χ0n) is 21.3. The number of carbonyl (C=O) groups excluding carboxylic acids is 1. The summed E-state index contributed by atoms with van der Waals surface area (Å²) in [7, 11) is 1.50. The first-order valence-corrected chi connectivity index (χ1v) is 13.0. The first kappa shape index (κ1) is 25.2. The highest BCUT2D eigenvalue weighted by Crippen LogP contribution is 2.23. The van der Waals surface area contributed by atoms with Crippen molar-refractivity contribution < 1.29 is 4.79 Å². The molecular formula is C27H39N5O3. The van der Waals surface area contributed by atoms with Gasteiger partial charge in [0.15, 0.2) is 0 Å². The molecule has 2 aromatic rings. The molecule has 190 valence electrons. The number of carbonyl (C=O) groups is 1. The van der Waals surface area contributed by atoms with Crippen LogP contribution in [0.5, 0.6) is 0 Å². The zero-order valence-corrected chi connectivity index (χ0v) is 21.3. The van der Waals surface area contributed by atoms with Crippen molar-refractivity contribution >= 4 is 11.7 Å². The summed E-state index contributed by atoms with van der Waals surface area (Å²) in [4.78, 5) is 42.3. The molecule has 1 atom stereocenters. The van der Waals surface area contributed by atoms with Gasteiger partial charge < -0.3 is 10.2 Å².